The molecule has 0 fully saturated rings. The van der Waals surface area contributed by atoms with Crippen LogP contribution in [0.5, 0.6) is 5.75 Å². The zero-order valence-corrected chi connectivity index (χ0v) is 16.4. The molecule has 2 aromatic rings. The van der Waals surface area contributed by atoms with E-state index in [0.717, 1.165) is 12.8 Å². The topological polar surface area (TPSA) is 58.6 Å². The minimum atomic E-state index is -0.747. The third kappa shape index (κ3) is 6.37. The lowest BCUT2D eigenvalue weighted by atomic mass is 10.1. The van der Waals surface area contributed by atoms with E-state index in [1.807, 2.05) is 13.0 Å². The van der Waals surface area contributed by atoms with E-state index in [9.17, 15) is 14.0 Å². The smallest absolute Gasteiger partial charge is 0.261 e. The molecule has 0 aliphatic heterocycles. The van der Waals surface area contributed by atoms with Crippen LogP contribution in [-0.4, -0.2) is 35.9 Å². The van der Waals surface area contributed by atoms with E-state index in [-0.39, 0.29) is 25.0 Å². The second-order valence-electron chi connectivity index (χ2n) is 6.54. The van der Waals surface area contributed by atoms with Crippen LogP contribution in [0.4, 0.5) is 4.39 Å². The zero-order valence-electron chi connectivity index (χ0n) is 16.4. The van der Waals surface area contributed by atoms with E-state index in [0.29, 0.717) is 17.9 Å². The summed E-state index contributed by atoms with van der Waals surface area (Å²) in [7, 11) is 0. The van der Waals surface area contributed by atoms with Crippen LogP contribution in [0.2, 0.25) is 0 Å². The van der Waals surface area contributed by atoms with E-state index < -0.39 is 11.9 Å². The Morgan fingerprint density at radius 3 is 2.46 bits per heavy atom. The Labute approximate surface area is 165 Å². The molecule has 0 radical (unpaired) electrons. The summed E-state index contributed by atoms with van der Waals surface area (Å²) in [6, 6.07) is 14.4. The highest BCUT2D eigenvalue weighted by molar-refractivity contribution is 5.87. The van der Waals surface area contributed by atoms with Crippen LogP contribution in [0.3, 0.4) is 0 Å². The number of carbonyl (C=O) groups is 2. The number of hydrogen-bond donors (Lipinski definition) is 1. The van der Waals surface area contributed by atoms with Crippen molar-refractivity contribution in [3.8, 4) is 5.75 Å². The molecule has 2 amide bonds. The number of nitrogens with zero attached hydrogens (tertiary/aromatic N) is 1. The fourth-order valence-corrected chi connectivity index (χ4v) is 2.67. The maximum absolute atomic E-state index is 14.1. The molecule has 0 bridgehead atoms. The summed E-state index contributed by atoms with van der Waals surface area (Å²) < 4.78 is 19.6. The monoisotopic (exact) mass is 386 g/mol. The number of nitrogens with one attached hydrogen (secondary N) is 1. The highest BCUT2D eigenvalue weighted by Gasteiger charge is 2.27. The predicted octanol–water partition coefficient (Wildman–Crippen LogP) is 3.54. The summed E-state index contributed by atoms with van der Waals surface area (Å²) in [5, 5.41) is 2.83. The van der Waals surface area contributed by atoms with Gasteiger partial charge in [0, 0.05) is 18.7 Å². The summed E-state index contributed by atoms with van der Waals surface area (Å²) in [6.45, 7) is 3.98. The molecule has 1 N–H and O–H groups in total. The molecule has 2 aromatic carbocycles. The first-order valence-electron chi connectivity index (χ1n) is 9.51. The Bertz CT molecular complexity index is 767. The number of hydrogen-bond acceptors (Lipinski definition) is 3. The standard InChI is InChI=1S/C22H27FN2O3/c1-3-4-14-24-22(27)17(2)25(15-18-10-8-9-13-20(18)23)21(26)16-28-19-11-6-5-7-12-19/h5-13,17H,3-4,14-16H2,1-2H3,(H,24,27)/t17-/m1/s1. The van der Waals surface area contributed by atoms with Gasteiger partial charge in [0.05, 0.1) is 0 Å². The highest BCUT2D eigenvalue weighted by Crippen LogP contribution is 2.14. The molecule has 0 saturated heterocycles. The molecule has 1 atom stereocenters. The van der Waals surface area contributed by atoms with Gasteiger partial charge in [-0.05, 0) is 31.5 Å². The van der Waals surface area contributed by atoms with Crippen molar-refractivity contribution in [1.82, 2.24) is 10.2 Å². The lowest BCUT2D eigenvalue weighted by Crippen LogP contribution is -2.49. The molecule has 6 heteroatoms. The van der Waals surface area contributed by atoms with Crippen molar-refractivity contribution in [3.63, 3.8) is 0 Å². The average Bonchev–Trinajstić information content (AvgIpc) is 2.71. The zero-order chi connectivity index (χ0) is 20.4. The summed E-state index contributed by atoms with van der Waals surface area (Å²) in [5.41, 5.74) is 0.351. The number of halogens is 1. The first kappa shape index (κ1) is 21.4. The minimum Gasteiger partial charge on any atom is -0.484 e. The lowest BCUT2D eigenvalue weighted by molar-refractivity contribution is -0.142. The molecule has 0 saturated carbocycles. The first-order chi connectivity index (χ1) is 13.5. The molecule has 0 aliphatic carbocycles. The Kier molecular flexibility index (Phi) is 8.46. The van der Waals surface area contributed by atoms with Gasteiger partial charge in [0.2, 0.25) is 5.91 Å². The molecule has 2 rings (SSSR count). The van der Waals surface area contributed by atoms with Gasteiger partial charge in [-0.2, -0.15) is 0 Å². The largest absolute Gasteiger partial charge is 0.484 e. The van der Waals surface area contributed by atoms with Gasteiger partial charge in [0.25, 0.3) is 5.91 Å². The van der Waals surface area contributed by atoms with Crippen LogP contribution in [0, 0.1) is 5.82 Å². The second-order valence-corrected chi connectivity index (χ2v) is 6.54. The molecular weight excluding hydrogens is 359 g/mol. The van der Waals surface area contributed by atoms with Crippen LogP contribution in [-0.2, 0) is 16.1 Å². The van der Waals surface area contributed by atoms with Crippen molar-refractivity contribution in [2.45, 2.75) is 39.3 Å². The Hall–Kier alpha value is -2.89. The van der Waals surface area contributed by atoms with Crippen LogP contribution in [0.1, 0.15) is 32.3 Å². The van der Waals surface area contributed by atoms with Gasteiger partial charge in [-0.25, -0.2) is 4.39 Å². The molecule has 28 heavy (non-hydrogen) atoms. The molecule has 150 valence electrons. The van der Waals surface area contributed by atoms with Crippen molar-refractivity contribution in [2.24, 2.45) is 0 Å². The number of rotatable bonds is 10. The van der Waals surface area contributed by atoms with Crippen molar-refractivity contribution < 1.29 is 18.7 Å². The molecule has 0 spiro atoms. The number of unbranched alkanes of at least 4 members (excludes halogenated alkanes) is 1. The van der Waals surface area contributed by atoms with Gasteiger partial charge in [-0.3, -0.25) is 9.59 Å². The van der Waals surface area contributed by atoms with Crippen molar-refractivity contribution >= 4 is 11.8 Å². The second kappa shape index (κ2) is 11.1. The van der Waals surface area contributed by atoms with E-state index in [1.165, 1.54) is 11.0 Å². The van der Waals surface area contributed by atoms with Crippen LogP contribution < -0.4 is 10.1 Å². The summed E-state index contributed by atoms with van der Waals surface area (Å²) in [6.07, 6.45) is 1.81. The maximum atomic E-state index is 14.1. The quantitative estimate of drug-likeness (QED) is 0.636. The molecule has 0 heterocycles. The third-order valence-electron chi connectivity index (χ3n) is 4.40. The van der Waals surface area contributed by atoms with Gasteiger partial charge in [0.1, 0.15) is 17.6 Å². The summed E-state index contributed by atoms with van der Waals surface area (Å²) in [4.78, 5) is 26.6. The number of amides is 2. The minimum absolute atomic E-state index is 0.00792. The van der Waals surface area contributed by atoms with E-state index in [4.69, 9.17) is 4.74 Å². The predicted molar refractivity (Wildman–Crippen MR) is 106 cm³/mol. The van der Waals surface area contributed by atoms with Gasteiger partial charge in [0.15, 0.2) is 6.61 Å². The van der Waals surface area contributed by atoms with Crippen LogP contribution in [0.15, 0.2) is 54.6 Å². The number of carbonyl (C=O) groups excluding carboxylic acids is 2. The Balaban J connectivity index is 2.11. The number of ether oxygens (including phenoxy) is 1. The SMILES string of the molecule is CCCCNC(=O)[C@@H](C)N(Cc1ccccc1F)C(=O)COc1ccccc1. The molecule has 5 nitrogen and oxygen atoms in total. The fraction of sp³-hybridized carbons (Fsp3) is 0.364. The highest BCUT2D eigenvalue weighted by atomic mass is 19.1. The van der Waals surface area contributed by atoms with E-state index >= 15 is 0 Å². The lowest BCUT2D eigenvalue weighted by Gasteiger charge is -2.29. The van der Waals surface area contributed by atoms with Gasteiger partial charge >= 0.3 is 0 Å². The first-order valence-corrected chi connectivity index (χ1v) is 9.51. The maximum Gasteiger partial charge on any atom is 0.261 e. The van der Waals surface area contributed by atoms with Crippen molar-refractivity contribution in [1.29, 1.82) is 0 Å². The van der Waals surface area contributed by atoms with E-state index in [2.05, 4.69) is 5.32 Å². The molecular formula is C22H27FN2O3. The summed E-state index contributed by atoms with van der Waals surface area (Å²) in [5.74, 6) is -0.507. The van der Waals surface area contributed by atoms with Gasteiger partial charge in [-0.1, -0.05) is 49.7 Å². The van der Waals surface area contributed by atoms with Crippen molar-refractivity contribution in [3.05, 3.63) is 66.0 Å². The Morgan fingerprint density at radius 1 is 1.11 bits per heavy atom. The van der Waals surface area contributed by atoms with Crippen molar-refractivity contribution in [2.75, 3.05) is 13.2 Å². The van der Waals surface area contributed by atoms with Crippen LogP contribution >= 0.6 is 0 Å². The average molecular weight is 386 g/mol. The fourth-order valence-electron chi connectivity index (χ4n) is 2.67. The Morgan fingerprint density at radius 2 is 1.79 bits per heavy atom. The number of benzene rings is 2. The molecule has 0 aromatic heterocycles. The number of para-hydroxylation sites is 1. The molecule has 0 aliphatic rings. The van der Waals surface area contributed by atoms with Crippen LogP contribution in [0.25, 0.3) is 0 Å². The van der Waals surface area contributed by atoms with E-state index in [1.54, 1.807) is 49.4 Å². The van der Waals surface area contributed by atoms with Gasteiger partial charge in [-0.15, -0.1) is 0 Å². The summed E-state index contributed by atoms with van der Waals surface area (Å²) >= 11 is 0. The normalized spacial score (nSPS) is 11.5. The van der Waals surface area contributed by atoms with Gasteiger partial charge < -0.3 is 15.0 Å². The third-order valence-corrected chi connectivity index (χ3v) is 4.40. The molecule has 0 unspecified atom stereocenters.